The minimum Gasteiger partial charge on any atom is -1.00 e. The zero-order chi connectivity index (χ0) is 36.8. The van der Waals surface area contributed by atoms with Crippen LogP contribution in [0.3, 0.4) is 0 Å². The van der Waals surface area contributed by atoms with Gasteiger partial charge in [0, 0.05) is 30.9 Å². The van der Waals surface area contributed by atoms with E-state index in [-0.39, 0.29) is 12.4 Å². The van der Waals surface area contributed by atoms with Gasteiger partial charge in [-0.15, -0.1) is 0 Å². The van der Waals surface area contributed by atoms with Crippen LogP contribution in [0.1, 0.15) is 168 Å². The lowest BCUT2D eigenvalue weighted by Gasteiger charge is -2.28. The fourth-order valence-corrected chi connectivity index (χ4v) is 12.8. The molecule has 3 rings (SSSR count). The molecule has 0 radical (unpaired) electrons. The Labute approximate surface area is 335 Å². The number of nitrogens with zero attached hydrogens (tertiary/aromatic N) is 1. The van der Waals surface area contributed by atoms with Crippen LogP contribution in [-0.2, 0) is 11.3 Å². The maximum atomic E-state index is 6.21. The highest BCUT2D eigenvalue weighted by Crippen LogP contribution is 2.61. The van der Waals surface area contributed by atoms with Crippen molar-refractivity contribution in [3.63, 3.8) is 0 Å². The van der Waals surface area contributed by atoms with Gasteiger partial charge in [0.05, 0.1) is 31.3 Å². The van der Waals surface area contributed by atoms with E-state index in [0.29, 0.717) is 6.61 Å². The maximum absolute atomic E-state index is 6.21. The standard InChI is InChI=1S/C49H79NOP.ClH/c1-4-7-10-13-17-28-41-52(42-29-18-14-11-8-5-2,43-30-19-15-12-9-6-3)44-31-20-16-27-40-51-45-46-36-38-49(39-37-46)50(47-32-23-21-24-33-47)48-34-25-22-26-35-48;/h21-26,32-39H,4-20,27-31,40-45H2,1-3H3;1H/q+1;/p-1. The second-order valence-corrected chi connectivity index (χ2v) is 20.2. The van der Waals surface area contributed by atoms with Crippen LogP contribution in [0.15, 0.2) is 84.9 Å². The number of para-hydroxylation sites is 2. The largest absolute Gasteiger partial charge is 1.00 e. The Hall–Kier alpha value is -1.86. The molecule has 0 bridgehead atoms. The van der Waals surface area contributed by atoms with Gasteiger partial charge in [0.15, 0.2) is 0 Å². The van der Waals surface area contributed by atoms with Crippen molar-refractivity contribution in [2.75, 3.05) is 36.2 Å². The van der Waals surface area contributed by atoms with Crippen molar-refractivity contribution >= 4 is 24.3 Å². The third-order valence-electron chi connectivity index (χ3n) is 11.1. The van der Waals surface area contributed by atoms with Gasteiger partial charge in [0.2, 0.25) is 0 Å². The first kappa shape index (κ1) is 47.3. The molecule has 0 aromatic heterocycles. The molecular formula is C49H79ClNOP. The van der Waals surface area contributed by atoms with Crippen LogP contribution in [0.25, 0.3) is 0 Å². The molecule has 0 aliphatic rings. The van der Waals surface area contributed by atoms with Gasteiger partial charge in [-0.05, 0) is 99.7 Å². The molecule has 0 fully saturated rings. The predicted octanol–water partition coefficient (Wildman–Crippen LogP) is 13.3. The van der Waals surface area contributed by atoms with Gasteiger partial charge in [-0.25, -0.2) is 0 Å². The Morgan fingerprint density at radius 3 is 1.13 bits per heavy atom. The van der Waals surface area contributed by atoms with E-state index < -0.39 is 7.26 Å². The average Bonchev–Trinajstić information content (AvgIpc) is 3.18. The topological polar surface area (TPSA) is 12.5 Å². The van der Waals surface area contributed by atoms with E-state index in [0.717, 1.165) is 6.61 Å². The summed E-state index contributed by atoms with van der Waals surface area (Å²) >= 11 is 0. The molecular weight excluding hydrogens is 685 g/mol. The van der Waals surface area contributed by atoms with Gasteiger partial charge in [0.25, 0.3) is 0 Å². The summed E-state index contributed by atoms with van der Waals surface area (Å²) in [7, 11) is -0.850. The molecule has 0 heterocycles. The molecule has 2 nitrogen and oxygen atoms in total. The summed E-state index contributed by atoms with van der Waals surface area (Å²) in [6.45, 7) is 8.59. The summed E-state index contributed by atoms with van der Waals surface area (Å²) < 4.78 is 6.21. The molecule has 0 aliphatic heterocycles. The van der Waals surface area contributed by atoms with Gasteiger partial charge in [0.1, 0.15) is 0 Å². The Morgan fingerprint density at radius 2 is 0.736 bits per heavy atom. The molecule has 0 aliphatic carbocycles. The smallest absolute Gasteiger partial charge is 0.0716 e. The van der Waals surface area contributed by atoms with Crippen LogP contribution in [-0.4, -0.2) is 31.3 Å². The van der Waals surface area contributed by atoms with E-state index in [1.165, 1.54) is 164 Å². The van der Waals surface area contributed by atoms with Crippen LogP contribution < -0.4 is 17.3 Å². The summed E-state index contributed by atoms with van der Waals surface area (Å²) in [5.74, 6) is 0. The van der Waals surface area contributed by atoms with Gasteiger partial charge >= 0.3 is 0 Å². The third kappa shape index (κ3) is 20.6. The van der Waals surface area contributed by atoms with E-state index in [9.17, 15) is 0 Å². The molecule has 298 valence electrons. The Kier molecular flexibility index (Phi) is 28.0. The van der Waals surface area contributed by atoms with E-state index in [2.05, 4.69) is 111 Å². The number of halogens is 1. The highest BCUT2D eigenvalue weighted by Gasteiger charge is 2.35. The number of hydrogen-bond acceptors (Lipinski definition) is 2. The third-order valence-corrected chi connectivity index (χ3v) is 16.2. The molecule has 0 N–H and O–H groups in total. The van der Waals surface area contributed by atoms with E-state index in [4.69, 9.17) is 4.74 Å². The lowest BCUT2D eigenvalue weighted by molar-refractivity contribution is -0.0000116. The Bertz CT molecular complexity index is 1140. The minimum atomic E-state index is -0.850. The normalized spacial score (nSPS) is 11.5. The van der Waals surface area contributed by atoms with Crippen molar-refractivity contribution in [2.45, 2.75) is 169 Å². The summed E-state index contributed by atoms with van der Waals surface area (Å²) in [4.78, 5) is 2.32. The van der Waals surface area contributed by atoms with Crippen LogP contribution in [0, 0.1) is 0 Å². The first-order valence-electron chi connectivity index (χ1n) is 22.1. The maximum Gasteiger partial charge on any atom is 0.0716 e. The fourth-order valence-electron chi connectivity index (χ4n) is 7.89. The molecule has 0 spiro atoms. The molecule has 3 aromatic carbocycles. The summed E-state index contributed by atoms with van der Waals surface area (Å²) in [6, 6.07) is 30.2. The first-order valence-corrected chi connectivity index (χ1v) is 24.7. The lowest BCUT2D eigenvalue weighted by Crippen LogP contribution is -3.00. The SMILES string of the molecule is CCCCCCCC[P+](CCCCCCCC)(CCCCCCCC)CCCCCCOCc1ccc(N(c2ccccc2)c2ccccc2)cc1.[Cl-]. The first-order chi connectivity index (χ1) is 25.7. The zero-order valence-corrected chi connectivity index (χ0v) is 36.2. The second kappa shape index (κ2) is 31.4. The van der Waals surface area contributed by atoms with Crippen molar-refractivity contribution in [3.8, 4) is 0 Å². The van der Waals surface area contributed by atoms with E-state index in [1.807, 2.05) is 0 Å². The Balaban J connectivity index is 0.00000972. The number of ether oxygens (including phenoxy) is 1. The summed E-state index contributed by atoms with van der Waals surface area (Å²) in [6.07, 6.45) is 37.7. The predicted molar refractivity (Wildman–Crippen MR) is 236 cm³/mol. The molecule has 0 amide bonds. The van der Waals surface area contributed by atoms with E-state index >= 15 is 0 Å². The van der Waals surface area contributed by atoms with Crippen molar-refractivity contribution in [2.24, 2.45) is 0 Å². The molecule has 53 heavy (non-hydrogen) atoms. The van der Waals surface area contributed by atoms with Gasteiger partial charge in [-0.3, -0.25) is 0 Å². The van der Waals surface area contributed by atoms with Crippen molar-refractivity contribution in [1.82, 2.24) is 0 Å². The summed E-state index contributed by atoms with van der Waals surface area (Å²) in [5.41, 5.74) is 4.76. The average molecular weight is 765 g/mol. The number of anilines is 3. The van der Waals surface area contributed by atoms with Crippen molar-refractivity contribution in [3.05, 3.63) is 90.5 Å². The number of unbranched alkanes of at least 4 members (excludes halogenated alkanes) is 18. The molecule has 0 saturated heterocycles. The molecule has 0 atom stereocenters. The van der Waals surface area contributed by atoms with Gasteiger partial charge in [-0.2, -0.15) is 0 Å². The van der Waals surface area contributed by atoms with Crippen molar-refractivity contribution in [1.29, 1.82) is 0 Å². The zero-order valence-electron chi connectivity index (χ0n) is 34.6. The molecule has 0 saturated carbocycles. The number of hydrogen-bond donors (Lipinski definition) is 0. The lowest BCUT2D eigenvalue weighted by atomic mass is 10.1. The van der Waals surface area contributed by atoms with Crippen LogP contribution >= 0.6 is 7.26 Å². The van der Waals surface area contributed by atoms with E-state index in [1.54, 1.807) is 24.6 Å². The van der Waals surface area contributed by atoms with Crippen LogP contribution in [0.4, 0.5) is 17.1 Å². The number of benzene rings is 3. The molecule has 0 unspecified atom stereocenters. The summed E-state index contributed by atoms with van der Waals surface area (Å²) in [5, 5.41) is 0. The van der Waals surface area contributed by atoms with Crippen molar-refractivity contribution < 1.29 is 17.1 Å². The highest BCUT2D eigenvalue weighted by atomic mass is 35.5. The molecule has 3 aromatic rings. The highest BCUT2D eigenvalue weighted by molar-refractivity contribution is 7.75. The fraction of sp³-hybridized carbons (Fsp3) is 0.633. The number of rotatable bonds is 33. The quantitative estimate of drug-likeness (QED) is 0.0452. The van der Waals surface area contributed by atoms with Gasteiger partial charge < -0.3 is 22.0 Å². The molecule has 4 heteroatoms. The second-order valence-electron chi connectivity index (χ2n) is 15.7. The van der Waals surface area contributed by atoms with Gasteiger partial charge in [-0.1, -0.05) is 153 Å². The Morgan fingerprint density at radius 1 is 0.396 bits per heavy atom. The van der Waals surface area contributed by atoms with Crippen LogP contribution in [0.5, 0.6) is 0 Å². The van der Waals surface area contributed by atoms with Crippen LogP contribution in [0.2, 0.25) is 0 Å². The minimum absolute atomic E-state index is 0. The monoisotopic (exact) mass is 764 g/mol.